The van der Waals surface area contributed by atoms with Crippen LogP contribution in [0.25, 0.3) is 0 Å². The summed E-state index contributed by atoms with van der Waals surface area (Å²) < 4.78 is 0.882. The molecule has 0 atom stereocenters. The maximum absolute atomic E-state index is 12.2. The molecule has 0 unspecified atom stereocenters. The van der Waals surface area contributed by atoms with E-state index >= 15 is 0 Å². The van der Waals surface area contributed by atoms with Crippen molar-refractivity contribution in [1.29, 1.82) is 0 Å². The van der Waals surface area contributed by atoms with E-state index in [1.54, 1.807) is 12.1 Å². The summed E-state index contributed by atoms with van der Waals surface area (Å²) >= 11 is 9.19. The third-order valence-electron chi connectivity index (χ3n) is 2.84. The molecule has 0 aliphatic rings. The van der Waals surface area contributed by atoms with E-state index in [1.165, 1.54) is 18.2 Å². The Kier molecular flexibility index (Phi) is 4.65. The molecule has 2 aromatic rings. The van der Waals surface area contributed by atoms with Gasteiger partial charge in [-0.2, -0.15) is 0 Å². The molecule has 2 rings (SSSR count). The van der Waals surface area contributed by atoms with Crippen molar-refractivity contribution in [3.05, 3.63) is 62.6 Å². The second-order valence-corrected chi connectivity index (χ2v) is 5.80. The maximum Gasteiger partial charge on any atom is 0.335 e. The zero-order valence-electron chi connectivity index (χ0n) is 11.0. The van der Waals surface area contributed by atoms with E-state index in [2.05, 4.69) is 21.2 Å². The number of halogens is 2. The number of hydrogen-bond donors (Lipinski definition) is 2. The van der Waals surface area contributed by atoms with Crippen LogP contribution in [-0.4, -0.2) is 17.0 Å². The van der Waals surface area contributed by atoms with Gasteiger partial charge in [0.2, 0.25) is 0 Å². The Morgan fingerprint density at radius 2 is 1.90 bits per heavy atom. The van der Waals surface area contributed by atoms with Gasteiger partial charge in [-0.25, -0.2) is 4.79 Å². The van der Waals surface area contributed by atoms with Crippen molar-refractivity contribution in [3.63, 3.8) is 0 Å². The number of amides is 1. The zero-order chi connectivity index (χ0) is 15.6. The maximum atomic E-state index is 12.2. The molecule has 0 aliphatic heterocycles. The summed E-state index contributed by atoms with van der Waals surface area (Å²) in [5, 5.41) is 11.9. The highest BCUT2D eigenvalue weighted by Gasteiger charge is 2.12. The van der Waals surface area contributed by atoms with Gasteiger partial charge in [-0.3, -0.25) is 4.79 Å². The molecule has 0 fully saturated rings. The molecule has 6 heteroatoms. The van der Waals surface area contributed by atoms with Crippen molar-refractivity contribution in [1.82, 2.24) is 0 Å². The summed E-state index contributed by atoms with van der Waals surface area (Å²) in [6.45, 7) is 1.82. The first kappa shape index (κ1) is 15.5. The minimum atomic E-state index is -1.10. The van der Waals surface area contributed by atoms with Crippen LogP contribution in [0.15, 0.2) is 40.9 Å². The van der Waals surface area contributed by atoms with E-state index in [0.717, 1.165) is 10.0 Å². The largest absolute Gasteiger partial charge is 0.478 e. The Labute approximate surface area is 134 Å². The number of carboxylic acids is 1. The molecule has 4 nitrogen and oxygen atoms in total. The highest BCUT2D eigenvalue weighted by Crippen LogP contribution is 2.21. The molecule has 0 heterocycles. The third kappa shape index (κ3) is 3.83. The number of hydrogen-bond acceptors (Lipinski definition) is 2. The molecule has 0 spiro atoms. The summed E-state index contributed by atoms with van der Waals surface area (Å²) in [7, 11) is 0. The van der Waals surface area contributed by atoms with Crippen LogP contribution in [-0.2, 0) is 0 Å². The molecular formula is C15H11BrClNO3. The Morgan fingerprint density at radius 3 is 2.52 bits per heavy atom. The zero-order valence-corrected chi connectivity index (χ0v) is 13.3. The topological polar surface area (TPSA) is 66.4 Å². The lowest BCUT2D eigenvalue weighted by molar-refractivity contribution is 0.0696. The summed E-state index contributed by atoms with van der Waals surface area (Å²) in [5.74, 6) is -1.42. The van der Waals surface area contributed by atoms with Gasteiger partial charge in [-0.1, -0.05) is 27.5 Å². The van der Waals surface area contributed by atoms with Crippen LogP contribution < -0.4 is 5.32 Å². The van der Waals surface area contributed by atoms with Gasteiger partial charge < -0.3 is 10.4 Å². The third-order valence-corrected chi connectivity index (χ3v) is 3.55. The van der Waals surface area contributed by atoms with E-state index in [-0.39, 0.29) is 16.5 Å². The van der Waals surface area contributed by atoms with Crippen LogP contribution in [0.3, 0.4) is 0 Å². The van der Waals surface area contributed by atoms with Gasteiger partial charge in [0.25, 0.3) is 5.91 Å². The fourth-order valence-electron chi connectivity index (χ4n) is 1.87. The number of rotatable bonds is 3. The molecule has 0 aromatic heterocycles. The molecule has 1 amide bonds. The quantitative estimate of drug-likeness (QED) is 0.846. The van der Waals surface area contributed by atoms with Crippen molar-refractivity contribution >= 4 is 45.1 Å². The second-order valence-electron chi connectivity index (χ2n) is 4.45. The Balaban J connectivity index is 2.29. The van der Waals surface area contributed by atoms with Gasteiger partial charge in [0.15, 0.2) is 0 Å². The number of carboxylic acid groups (broad SMARTS) is 1. The van der Waals surface area contributed by atoms with Gasteiger partial charge in [0, 0.05) is 20.7 Å². The average Bonchev–Trinajstić information content (AvgIpc) is 2.37. The minimum absolute atomic E-state index is 0.0188. The predicted octanol–water partition coefficient (Wildman–Crippen LogP) is 4.36. The summed E-state index contributed by atoms with van der Waals surface area (Å²) in [4.78, 5) is 23.2. The Bertz CT molecular complexity index is 731. The molecule has 0 aliphatic carbocycles. The highest BCUT2D eigenvalue weighted by atomic mass is 79.9. The average molecular weight is 369 g/mol. The van der Waals surface area contributed by atoms with Crippen LogP contribution in [0.4, 0.5) is 5.69 Å². The lowest BCUT2D eigenvalue weighted by Crippen LogP contribution is -2.13. The molecule has 0 radical (unpaired) electrons. The standard InChI is InChI=1S/C15H11BrClNO3/c1-8-4-10(16)2-3-13(8)14(19)18-12-6-9(15(20)21)5-11(17)7-12/h2-7H,1H3,(H,18,19)(H,20,21). The molecule has 0 saturated carbocycles. The molecule has 2 aromatic carbocycles. The summed E-state index contributed by atoms with van der Waals surface area (Å²) in [6.07, 6.45) is 0. The monoisotopic (exact) mass is 367 g/mol. The van der Waals surface area contributed by atoms with Crippen molar-refractivity contribution in [2.24, 2.45) is 0 Å². The fraction of sp³-hybridized carbons (Fsp3) is 0.0667. The van der Waals surface area contributed by atoms with E-state index < -0.39 is 5.97 Å². The number of aryl methyl sites for hydroxylation is 1. The first-order chi connectivity index (χ1) is 9.86. The van der Waals surface area contributed by atoms with Gasteiger partial charge in [0.1, 0.15) is 0 Å². The smallest absolute Gasteiger partial charge is 0.335 e. The number of benzene rings is 2. The van der Waals surface area contributed by atoms with E-state index in [1.807, 2.05) is 13.0 Å². The molecular weight excluding hydrogens is 358 g/mol. The predicted molar refractivity (Wildman–Crippen MR) is 85.2 cm³/mol. The molecule has 21 heavy (non-hydrogen) atoms. The highest BCUT2D eigenvalue weighted by molar-refractivity contribution is 9.10. The van der Waals surface area contributed by atoms with E-state index in [4.69, 9.17) is 16.7 Å². The number of nitrogens with one attached hydrogen (secondary N) is 1. The Hall–Kier alpha value is -1.85. The first-order valence-corrected chi connectivity index (χ1v) is 7.15. The first-order valence-electron chi connectivity index (χ1n) is 5.98. The second kappa shape index (κ2) is 6.28. The van der Waals surface area contributed by atoms with Gasteiger partial charge in [0.05, 0.1) is 5.56 Å². The van der Waals surface area contributed by atoms with Crippen LogP contribution in [0.1, 0.15) is 26.3 Å². The van der Waals surface area contributed by atoms with Crippen molar-refractivity contribution in [2.75, 3.05) is 5.32 Å². The van der Waals surface area contributed by atoms with Crippen LogP contribution >= 0.6 is 27.5 Å². The lowest BCUT2D eigenvalue weighted by Gasteiger charge is -2.09. The summed E-state index contributed by atoms with van der Waals surface area (Å²) in [5.41, 5.74) is 1.68. The number of anilines is 1. The van der Waals surface area contributed by atoms with Crippen LogP contribution in [0, 0.1) is 6.92 Å². The van der Waals surface area contributed by atoms with Gasteiger partial charge in [-0.15, -0.1) is 0 Å². The van der Waals surface area contributed by atoms with E-state index in [0.29, 0.717) is 11.3 Å². The van der Waals surface area contributed by atoms with Crippen molar-refractivity contribution < 1.29 is 14.7 Å². The molecule has 0 bridgehead atoms. The SMILES string of the molecule is Cc1cc(Br)ccc1C(=O)Nc1cc(Cl)cc(C(=O)O)c1. The van der Waals surface area contributed by atoms with Crippen molar-refractivity contribution in [2.45, 2.75) is 6.92 Å². The van der Waals surface area contributed by atoms with Gasteiger partial charge >= 0.3 is 5.97 Å². The number of carbonyl (C=O) groups excluding carboxylic acids is 1. The lowest BCUT2D eigenvalue weighted by atomic mass is 10.1. The minimum Gasteiger partial charge on any atom is -0.478 e. The van der Waals surface area contributed by atoms with Gasteiger partial charge in [-0.05, 0) is 48.9 Å². The molecule has 108 valence electrons. The number of aromatic carboxylic acids is 1. The number of carbonyl (C=O) groups is 2. The van der Waals surface area contributed by atoms with Crippen LogP contribution in [0.2, 0.25) is 5.02 Å². The molecule has 0 saturated heterocycles. The fourth-order valence-corrected chi connectivity index (χ4v) is 2.58. The normalized spacial score (nSPS) is 10.2. The Morgan fingerprint density at radius 1 is 1.19 bits per heavy atom. The summed E-state index contributed by atoms with van der Waals surface area (Å²) in [6, 6.07) is 9.47. The van der Waals surface area contributed by atoms with Crippen LogP contribution in [0.5, 0.6) is 0 Å². The molecule has 2 N–H and O–H groups in total. The van der Waals surface area contributed by atoms with Crippen molar-refractivity contribution in [3.8, 4) is 0 Å². The van der Waals surface area contributed by atoms with E-state index in [9.17, 15) is 9.59 Å².